The molecule has 0 atom stereocenters. The first kappa shape index (κ1) is 24.2. The summed E-state index contributed by atoms with van der Waals surface area (Å²) in [4.78, 5) is 51.0. The van der Waals surface area contributed by atoms with E-state index in [2.05, 4.69) is 25.7 Å². The van der Waals surface area contributed by atoms with Gasteiger partial charge in [0, 0.05) is 13.0 Å². The van der Waals surface area contributed by atoms with Crippen LogP contribution in [0.25, 0.3) is 22.2 Å². The molecule has 0 aliphatic rings. The van der Waals surface area contributed by atoms with E-state index in [1.165, 1.54) is 0 Å². The van der Waals surface area contributed by atoms with Crippen LogP contribution < -0.4 is 26.6 Å². The largest absolute Gasteiger partial charge is 0.413 e. The third-order valence-electron chi connectivity index (χ3n) is 5.82. The van der Waals surface area contributed by atoms with E-state index in [4.69, 9.17) is 4.84 Å². The van der Waals surface area contributed by atoms with Crippen LogP contribution in [0.3, 0.4) is 0 Å². The number of nitrogens with zero attached hydrogens (tertiary/aromatic N) is 2. The third-order valence-corrected chi connectivity index (χ3v) is 5.82. The SMILES string of the molecule is Cc1cc2nc3c(=O)[nH]c(=O)[nH]c3[n+](CCNCCCC(=O)NOCc3ccccc3)c2cc1C. The number of hydroxylamine groups is 1. The molecule has 0 fully saturated rings. The Morgan fingerprint density at radius 1 is 1.06 bits per heavy atom. The fraction of sp³-hybridized carbons (Fsp3) is 0.320. The lowest BCUT2D eigenvalue weighted by molar-refractivity contribution is -0.645. The number of amides is 1. The molecule has 0 radical (unpaired) electrons. The van der Waals surface area contributed by atoms with Gasteiger partial charge in [0.05, 0.1) is 6.61 Å². The topological polar surface area (TPSA) is 133 Å². The monoisotopic (exact) mass is 477 g/mol. The maximum Gasteiger partial charge on any atom is 0.413 e. The van der Waals surface area contributed by atoms with Gasteiger partial charge in [0.2, 0.25) is 11.4 Å². The number of nitrogens with one attached hydrogen (secondary N) is 4. The number of aromatic amines is 2. The maximum atomic E-state index is 12.4. The van der Waals surface area contributed by atoms with Crippen LogP contribution in [0, 0.1) is 13.8 Å². The van der Waals surface area contributed by atoms with Crippen LogP contribution in [-0.4, -0.2) is 33.9 Å². The number of carbonyl (C=O) groups is 1. The number of fused-ring (bicyclic) bond motifs is 2. The Kier molecular flexibility index (Phi) is 7.64. The van der Waals surface area contributed by atoms with Gasteiger partial charge < -0.3 is 5.32 Å². The van der Waals surface area contributed by atoms with Crippen molar-refractivity contribution in [1.29, 1.82) is 0 Å². The summed E-state index contributed by atoms with van der Waals surface area (Å²) in [5, 5.41) is 3.32. The summed E-state index contributed by atoms with van der Waals surface area (Å²) >= 11 is 0. The van der Waals surface area contributed by atoms with Gasteiger partial charge in [-0.1, -0.05) is 30.3 Å². The van der Waals surface area contributed by atoms with Crippen LogP contribution in [0.15, 0.2) is 52.1 Å². The molecule has 0 saturated heterocycles. The molecule has 0 aliphatic heterocycles. The molecule has 182 valence electrons. The standard InChI is InChI=1S/C25H28N6O4/c1-16-13-19-20(14-17(16)2)31(23-22(27-19)24(33)29-25(34)28-23)12-11-26-10-6-9-21(32)30-35-15-18-7-4-3-5-8-18/h3-5,7-8,13-14,26H,6,9-12,15H2,1-2H3,(H2,29,30,32,33,34)/p+1. The summed E-state index contributed by atoms with van der Waals surface area (Å²) in [6.07, 6.45) is 0.967. The first-order valence-electron chi connectivity index (χ1n) is 11.5. The normalized spacial score (nSPS) is 11.3. The van der Waals surface area contributed by atoms with Crippen molar-refractivity contribution in [1.82, 2.24) is 25.7 Å². The number of rotatable bonds is 10. The zero-order chi connectivity index (χ0) is 24.8. The van der Waals surface area contributed by atoms with Gasteiger partial charge in [0.1, 0.15) is 12.1 Å². The van der Waals surface area contributed by atoms with Gasteiger partial charge in [0.15, 0.2) is 5.52 Å². The van der Waals surface area contributed by atoms with Crippen LogP contribution in [0.2, 0.25) is 0 Å². The molecule has 1 amide bonds. The second kappa shape index (κ2) is 11.0. The highest BCUT2D eigenvalue weighted by molar-refractivity contribution is 5.80. The van der Waals surface area contributed by atoms with Gasteiger partial charge in [-0.3, -0.25) is 19.4 Å². The van der Waals surface area contributed by atoms with Gasteiger partial charge >= 0.3 is 11.3 Å². The van der Waals surface area contributed by atoms with E-state index < -0.39 is 11.2 Å². The minimum atomic E-state index is -0.574. The second-order valence-electron chi connectivity index (χ2n) is 8.45. The summed E-state index contributed by atoms with van der Waals surface area (Å²) in [5.74, 6) is -0.175. The Hall–Kier alpha value is -3.89. The zero-order valence-electron chi connectivity index (χ0n) is 19.8. The van der Waals surface area contributed by atoms with Crippen LogP contribution in [0.1, 0.15) is 29.5 Å². The van der Waals surface area contributed by atoms with Gasteiger partial charge in [-0.25, -0.2) is 19.8 Å². The third kappa shape index (κ3) is 5.97. The number of aryl methyl sites for hydroxylation is 2. The molecule has 2 aromatic heterocycles. The predicted molar refractivity (Wildman–Crippen MR) is 132 cm³/mol. The molecule has 0 saturated carbocycles. The molecule has 10 nitrogen and oxygen atoms in total. The van der Waals surface area contributed by atoms with Gasteiger partial charge in [-0.05, 0) is 55.6 Å². The summed E-state index contributed by atoms with van der Waals surface area (Å²) in [6, 6.07) is 13.6. The quantitative estimate of drug-likeness (QED) is 0.118. The molecule has 0 spiro atoms. The molecule has 4 N–H and O–H groups in total. The summed E-state index contributed by atoms with van der Waals surface area (Å²) in [7, 11) is 0. The fourth-order valence-corrected chi connectivity index (χ4v) is 3.85. The van der Waals surface area contributed by atoms with E-state index in [0.717, 1.165) is 22.2 Å². The Labute approximate surface area is 201 Å². The lowest BCUT2D eigenvalue weighted by Crippen LogP contribution is -2.44. The molecular formula is C25H29N6O4+. The van der Waals surface area contributed by atoms with E-state index >= 15 is 0 Å². The summed E-state index contributed by atoms with van der Waals surface area (Å²) in [6.45, 7) is 6.03. The Morgan fingerprint density at radius 2 is 1.83 bits per heavy atom. The average molecular weight is 478 g/mol. The van der Waals surface area contributed by atoms with Crippen molar-refractivity contribution in [3.8, 4) is 0 Å². The molecule has 0 unspecified atom stereocenters. The molecule has 4 aromatic rings. The average Bonchev–Trinajstić information content (AvgIpc) is 2.83. The zero-order valence-corrected chi connectivity index (χ0v) is 19.8. The number of benzene rings is 2. The van der Waals surface area contributed by atoms with Crippen molar-refractivity contribution >= 4 is 28.1 Å². The van der Waals surface area contributed by atoms with E-state index in [9.17, 15) is 14.4 Å². The lowest BCUT2D eigenvalue weighted by Gasteiger charge is -2.10. The number of hydrogen-bond acceptors (Lipinski definition) is 6. The van der Waals surface area contributed by atoms with E-state index in [0.29, 0.717) is 50.2 Å². The maximum absolute atomic E-state index is 12.4. The molecule has 4 rings (SSSR count). The number of H-pyrrole nitrogens is 2. The van der Waals surface area contributed by atoms with Gasteiger partial charge in [-0.2, -0.15) is 4.98 Å². The molecule has 10 heteroatoms. The molecule has 2 heterocycles. The molecule has 0 bridgehead atoms. The molecule has 2 aromatic carbocycles. The smallest absolute Gasteiger partial charge is 0.313 e. The van der Waals surface area contributed by atoms with E-state index in [1.54, 1.807) is 0 Å². The fourth-order valence-electron chi connectivity index (χ4n) is 3.85. The highest BCUT2D eigenvalue weighted by Gasteiger charge is 2.19. The summed E-state index contributed by atoms with van der Waals surface area (Å²) in [5.41, 5.74) is 6.60. The van der Waals surface area contributed by atoms with Crippen molar-refractivity contribution < 1.29 is 14.2 Å². The highest BCUT2D eigenvalue weighted by atomic mass is 16.6. The van der Waals surface area contributed by atoms with Gasteiger partial charge in [-0.15, -0.1) is 0 Å². The van der Waals surface area contributed by atoms with Crippen molar-refractivity contribution in [3.05, 3.63) is 80.0 Å². The Bertz CT molecular complexity index is 1460. The lowest BCUT2D eigenvalue weighted by atomic mass is 10.1. The second-order valence-corrected chi connectivity index (χ2v) is 8.45. The predicted octanol–water partition coefficient (Wildman–Crippen LogP) is 1.29. The molecular weight excluding hydrogens is 448 g/mol. The minimum Gasteiger partial charge on any atom is -0.313 e. The first-order chi connectivity index (χ1) is 16.9. The number of carbonyl (C=O) groups excluding carboxylic acids is 1. The van der Waals surface area contributed by atoms with Crippen LogP contribution in [0.4, 0.5) is 0 Å². The number of aromatic nitrogens is 4. The van der Waals surface area contributed by atoms with Gasteiger partial charge in [0.25, 0.3) is 5.56 Å². The van der Waals surface area contributed by atoms with Crippen LogP contribution in [-0.2, 0) is 22.8 Å². The Balaban J connectivity index is 1.34. The van der Waals surface area contributed by atoms with Crippen LogP contribution in [0.5, 0.6) is 0 Å². The summed E-state index contributed by atoms with van der Waals surface area (Å²) < 4.78 is 1.90. The van der Waals surface area contributed by atoms with Crippen molar-refractivity contribution in [3.63, 3.8) is 0 Å². The minimum absolute atomic E-state index is 0.175. The molecule has 0 aliphatic carbocycles. The first-order valence-corrected chi connectivity index (χ1v) is 11.5. The number of hydrogen-bond donors (Lipinski definition) is 4. The molecule has 35 heavy (non-hydrogen) atoms. The van der Waals surface area contributed by atoms with Crippen molar-refractivity contribution in [2.75, 3.05) is 13.1 Å². The van der Waals surface area contributed by atoms with Crippen molar-refractivity contribution in [2.45, 2.75) is 39.8 Å². The van der Waals surface area contributed by atoms with Crippen molar-refractivity contribution in [2.24, 2.45) is 0 Å². The van der Waals surface area contributed by atoms with Crippen LogP contribution >= 0.6 is 0 Å². The van der Waals surface area contributed by atoms with E-state index in [-0.39, 0.29) is 11.4 Å². The van der Waals surface area contributed by atoms with E-state index in [1.807, 2.05) is 60.9 Å². The highest BCUT2D eigenvalue weighted by Crippen LogP contribution is 2.16. The Morgan fingerprint density at radius 3 is 2.63 bits per heavy atom.